The Kier molecular flexibility index (Phi) is 3.23. The van der Waals surface area contributed by atoms with Crippen LogP contribution in [0.15, 0.2) is 30.6 Å². The predicted molar refractivity (Wildman–Crippen MR) is 68.2 cm³/mol. The first-order chi connectivity index (χ1) is 8.58. The minimum absolute atomic E-state index is 0.0289. The lowest BCUT2D eigenvalue weighted by molar-refractivity contribution is 0.0690. The van der Waals surface area contributed by atoms with Gasteiger partial charge in [-0.15, -0.1) is 0 Å². The summed E-state index contributed by atoms with van der Waals surface area (Å²) >= 11 is 0. The Balaban J connectivity index is 2.34. The maximum atomic E-state index is 10.8. The topological polar surface area (TPSA) is 75.1 Å². The molecule has 92 valence electrons. The molecule has 1 aromatic heterocycles. The van der Waals surface area contributed by atoms with Gasteiger partial charge in [0, 0.05) is 11.8 Å². The number of nitrogens with zero attached hydrogens (tertiary/aromatic N) is 2. The number of carboxylic acids is 1. The van der Waals surface area contributed by atoms with Gasteiger partial charge in [0.2, 0.25) is 0 Å². The normalized spacial score (nSPS) is 10.1. The summed E-state index contributed by atoms with van der Waals surface area (Å²) in [5.74, 6) is -0.596. The number of anilines is 2. The second-order valence-corrected chi connectivity index (χ2v) is 3.99. The molecule has 18 heavy (non-hydrogen) atoms. The summed E-state index contributed by atoms with van der Waals surface area (Å²) in [5.41, 5.74) is 3.06. The fraction of sp³-hybridized carbons (Fsp3) is 0.154. The molecule has 0 bridgehead atoms. The molecule has 5 nitrogen and oxygen atoms in total. The Labute approximate surface area is 105 Å². The number of aryl methyl sites for hydroxylation is 2. The molecule has 0 atom stereocenters. The lowest BCUT2D eigenvalue weighted by Gasteiger charge is -2.11. The summed E-state index contributed by atoms with van der Waals surface area (Å²) in [6.45, 7) is 3.96. The first kappa shape index (κ1) is 12.0. The van der Waals surface area contributed by atoms with E-state index in [4.69, 9.17) is 5.11 Å². The Morgan fingerprint density at radius 1 is 1.22 bits per heavy atom. The van der Waals surface area contributed by atoms with E-state index in [9.17, 15) is 4.79 Å². The number of nitrogens with one attached hydrogen (secondary N) is 1. The number of carbonyl (C=O) groups is 1. The molecule has 0 radical (unpaired) electrons. The zero-order valence-corrected chi connectivity index (χ0v) is 10.1. The van der Waals surface area contributed by atoms with Crippen molar-refractivity contribution in [3.63, 3.8) is 0 Å². The van der Waals surface area contributed by atoms with E-state index in [1.54, 1.807) is 0 Å². The maximum Gasteiger partial charge on any atom is 0.354 e. The van der Waals surface area contributed by atoms with Gasteiger partial charge in [0.05, 0.1) is 0 Å². The molecule has 0 aliphatic carbocycles. The number of hydrogen-bond acceptors (Lipinski definition) is 4. The summed E-state index contributed by atoms with van der Waals surface area (Å²) < 4.78 is 0. The molecule has 5 heteroatoms. The molecular weight excluding hydrogens is 230 g/mol. The number of hydrogen-bond donors (Lipinski definition) is 2. The van der Waals surface area contributed by atoms with Gasteiger partial charge in [0.1, 0.15) is 12.1 Å². The lowest BCUT2D eigenvalue weighted by Crippen LogP contribution is -2.04. The molecule has 1 heterocycles. The van der Waals surface area contributed by atoms with Crippen molar-refractivity contribution >= 4 is 17.5 Å². The van der Waals surface area contributed by atoms with Crippen LogP contribution in [0.1, 0.15) is 21.6 Å². The van der Waals surface area contributed by atoms with Crippen LogP contribution in [0, 0.1) is 13.8 Å². The van der Waals surface area contributed by atoms with Crippen LogP contribution in [-0.2, 0) is 0 Å². The summed E-state index contributed by atoms with van der Waals surface area (Å²) in [7, 11) is 0. The maximum absolute atomic E-state index is 10.8. The second-order valence-electron chi connectivity index (χ2n) is 3.99. The molecule has 0 aliphatic rings. The van der Waals surface area contributed by atoms with Crippen molar-refractivity contribution in [2.75, 3.05) is 5.32 Å². The Morgan fingerprint density at radius 2 is 1.89 bits per heavy atom. The van der Waals surface area contributed by atoms with Crippen molar-refractivity contribution in [3.8, 4) is 0 Å². The van der Waals surface area contributed by atoms with Gasteiger partial charge in [-0.05, 0) is 25.0 Å². The number of carboxylic acid groups (broad SMARTS) is 1. The molecule has 2 N–H and O–H groups in total. The number of rotatable bonds is 3. The summed E-state index contributed by atoms with van der Waals surface area (Å²) in [4.78, 5) is 18.5. The SMILES string of the molecule is Cc1cccc(C)c1Nc1cc(C(=O)O)ncn1. The first-order valence-electron chi connectivity index (χ1n) is 5.46. The summed E-state index contributed by atoms with van der Waals surface area (Å²) in [5, 5.41) is 12.0. The first-order valence-corrected chi connectivity index (χ1v) is 5.46. The van der Waals surface area contributed by atoms with Gasteiger partial charge in [0.15, 0.2) is 5.69 Å². The molecule has 0 unspecified atom stereocenters. The van der Waals surface area contributed by atoms with Gasteiger partial charge >= 0.3 is 5.97 Å². The smallest absolute Gasteiger partial charge is 0.354 e. The number of para-hydroxylation sites is 1. The van der Waals surface area contributed by atoms with E-state index in [1.165, 1.54) is 12.4 Å². The van der Waals surface area contributed by atoms with E-state index in [0.717, 1.165) is 16.8 Å². The third-order valence-corrected chi connectivity index (χ3v) is 2.62. The van der Waals surface area contributed by atoms with Crippen LogP contribution in [0.2, 0.25) is 0 Å². The van der Waals surface area contributed by atoms with E-state index in [2.05, 4.69) is 15.3 Å². The van der Waals surface area contributed by atoms with Crippen LogP contribution in [0.3, 0.4) is 0 Å². The van der Waals surface area contributed by atoms with Gasteiger partial charge in [-0.3, -0.25) is 0 Å². The zero-order valence-electron chi connectivity index (χ0n) is 10.1. The van der Waals surface area contributed by atoms with E-state index in [0.29, 0.717) is 5.82 Å². The molecule has 2 rings (SSSR count). The minimum Gasteiger partial charge on any atom is -0.477 e. The molecule has 0 spiro atoms. The van der Waals surface area contributed by atoms with Crippen LogP contribution < -0.4 is 5.32 Å². The van der Waals surface area contributed by atoms with Crippen LogP contribution in [-0.4, -0.2) is 21.0 Å². The van der Waals surface area contributed by atoms with Crippen LogP contribution in [0.5, 0.6) is 0 Å². The Bertz CT molecular complexity index is 576. The van der Waals surface area contributed by atoms with Gasteiger partial charge in [-0.1, -0.05) is 18.2 Å². The van der Waals surface area contributed by atoms with Crippen molar-refractivity contribution in [2.24, 2.45) is 0 Å². The van der Waals surface area contributed by atoms with E-state index < -0.39 is 5.97 Å². The van der Waals surface area contributed by atoms with Gasteiger partial charge < -0.3 is 10.4 Å². The van der Waals surface area contributed by atoms with Crippen molar-refractivity contribution in [2.45, 2.75) is 13.8 Å². The van der Waals surface area contributed by atoms with Crippen molar-refractivity contribution in [3.05, 3.63) is 47.4 Å². The Morgan fingerprint density at radius 3 is 2.50 bits per heavy atom. The monoisotopic (exact) mass is 243 g/mol. The van der Waals surface area contributed by atoms with Crippen molar-refractivity contribution < 1.29 is 9.90 Å². The highest BCUT2D eigenvalue weighted by atomic mass is 16.4. The highest BCUT2D eigenvalue weighted by Crippen LogP contribution is 2.23. The van der Waals surface area contributed by atoms with Crippen LogP contribution in [0.4, 0.5) is 11.5 Å². The molecule has 0 aliphatic heterocycles. The fourth-order valence-corrected chi connectivity index (χ4v) is 1.68. The quantitative estimate of drug-likeness (QED) is 0.866. The summed E-state index contributed by atoms with van der Waals surface area (Å²) in [6, 6.07) is 7.34. The zero-order chi connectivity index (χ0) is 13.1. The molecule has 0 saturated carbocycles. The predicted octanol–water partition coefficient (Wildman–Crippen LogP) is 2.54. The highest BCUT2D eigenvalue weighted by molar-refractivity contribution is 5.86. The van der Waals surface area contributed by atoms with Crippen LogP contribution in [0.25, 0.3) is 0 Å². The van der Waals surface area contributed by atoms with Gasteiger partial charge in [0.25, 0.3) is 0 Å². The highest BCUT2D eigenvalue weighted by Gasteiger charge is 2.08. The third kappa shape index (κ3) is 2.45. The average Bonchev–Trinajstić information content (AvgIpc) is 2.34. The van der Waals surface area contributed by atoms with Crippen molar-refractivity contribution in [1.29, 1.82) is 0 Å². The lowest BCUT2D eigenvalue weighted by atomic mass is 10.1. The van der Waals surface area contributed by atoms with Gasteiger partial charge in [-0.25, -0.2) is 14.8 Å². The molecule has 1 aromatic carbocycles. The minimum atomic E-state index is -1.07. The fourth-order valence-electron chi connectivity index (χ4n) is 1.68. The van der Waals surface area contributed by atoms with Crippen molar-refractivity contribution in [1.82, 2.24) is 9.97 Å². The van der Waals surface area contributed by atoms with E-state index >= 15 is 0 Å². The van der Waals surface area contributed by atoms with Crippen LogP contribution >= 0.6 is 0 Å². The molecule has 2 aromatic rings. The number of aromatic nitrogens is 2. The molecular formula is C13H13N3O2. The van der Waals surface area contributed by atoms with Gasteiger partial charge in [-0.2, -0.15) is 0 Å². The van der Waals surface area contributed by atoms with E-state index in [-0.39, 0.29) is 5.69 Å². The largest absolute Gasteiger partial charge is 0.477 e. The molecule has 0 saturated heterocycles. The third-order valence-electron chi connectivity index (χ3n) is 2.62. The molecule has 0 amide bonds. The Hall–Kier alpha value is -2.43. The number of benzene rings is 1. The second kappa shape index (κ2) is 4.83. The van der Waals surface area contributed by atoms with E-state index in [1.807, 2.05) is 32.0 Å². The standard InChI is InChI=1S/C13H13N3O2/c1-8-4-3-5-9(2)12(8)16-11-6-10(13(17)18)14-7-15-11/h3-7H,1-2H3,(H,17,18)(H,14,15,16). The molecule has 0 fully saturated rings. The summed E-state index contributed by atoms with van der Waals surface area (Å²) in [6.07, 6.45) is 1.24. The number of aromatic carboxylic acids is 1. The average molecular weight is 243 g/mol.